The van der Waals surface area contributed by atoms with Gasteiger partial charge in [-0.3, -0.25) is 9.59 Å². The molecule has 20 heavy (non-hydrogen) atoms. The largest absolute Gasteiger partial charge is 0.385 e. The molecule has 0 heterocycles. The summed E-state index contributed by atoms with van der Waals surface area (Å²) in [7, 11) is 0. The van der Waals surface area contributed by atoms with Crippen molar-refractivity contribution in [1.29, 1.82) is 0 Å². The van der Waals surface area contributed by atoms with Crippen LogP contribution in [0.4, 0.5) is 0 Å². The monoisotopic (exact) mass is 276 g/mol. The van der Waals surface area contributed by atoms with E-state index >= 15 is 0 Å². The topological polar surface area (TPSA) is 78.4 Å². The predicted octanol–water partition coefficient (Wildman–Crippen LogP) is 0.679. The first kappa shape index (κ1) is 14.5. The van der Waals surface area contributed by atoms with E-state index in [2.05, 4.69) is 10.6 Å². The first-order valence-corrected chi connectivity index (χ1v) is 6.81. The Morgan fingerprint density at radius 1 is 1.25 bits per heavy atom. The van der Waals surface area contributed by atoms with Crippen molar-refractivity contribution in [2.45, 2.75) is 37.8 Å². The Morgan fingerprint density at radius 2 is 1.90 bits per heavy atom. The van der Waals surface area contributed by atoms with E-state index in [9.17, 15) is 14.7 Å². The van der Waals surface area contributed by atoms with Crippen molar-refractivity contribution < 1.29 is 14.7 Å². The molecule has 0 radical (unpaired) electrons. The van der Waals surface area contributed by atoms with E-state index in [1.165, 1.54) is 0 Å². The Balaban J connectivity index is 1.79. The van der Waals surface area contributed by atoms with Crippen molar-refractivity contribution in [3.63, 3.8) is 0 Å². The SMILES string of the molecule is CC(O)(CC(=O)NCC(=O)NC1CC1)c1ccccc1. The molecule has 1 aromatic rings. The molecule has 108 valence electrons. The Kier molecular flexibility index (Phi) is 4.39. The van der Waals surface area contributed by atoms with Gasteiger partial charge in [0.2, 0.25) is 11.8 Å². The van der Waals surface area contributed by atoms with Gasteiger partial charge in [-0.25, -0.2) is 0 Å². The molecule has 0 bridgehead atoms. The highest BCUT2D eigenvalue weighted by atomic mass is 16.3. The van der Waals surface area contributed by atoms with Gasteiger partial charge in [0.15, 0.2) is 0 Å². The Bertz CT molecular complexity index is 481. The zero-order chi connectivity index (χ0) is 14.6. The number of hydrogen-bond donors (Lipinski definition) is 3. The Labute approximate surface area is 118 Å². The minimum absolute atomic E-state index is 0.0415. The maximum atomic E-state index is 11.8. The van der Waals surface area contributed by atoms with Gasteiger partial charge < -0.3 is 15.7 Å². The molecule has 0 saturated heterocycles. The van der Waals surface area contributed by atoms with Crippen LogP contribution in [0.5, 0.6) is 0 Å². The van der Waals surface area contributed by atoms with E-state index in [1.54, 1.807) is 19.1 Å². The smallest absolute Gasteiger partial charge is 0.239 e. The number of rotatable bonds is 6. The third kappa shape index (κ3) is 4.35. The molecule has 3 N–H and O–H groups in total. The molecule has 1 aliphatic carbocycles. The standard InChI is InChI=1S/C15H20N2O3/c1-15(20,11-5-3-2-4-6-11)9-13(18)16-10-14(19)17-12-7-8-12/h2-6,12,20H,7-10H2,1H3,(H,16,18)(H,17,19). The lowest BCUT2D eigenvalue weighted by Gasteiger charge is -2.23. The molecule has 0 spiro atoms. The van der Waals surface area contributed by atoms with E-state index in [4.69, 9.17) is 0 Å². The first-order chi connectivity index (χ1) is 9.47. The van der Waals surface area contributed by atoms with Crippen LogP contribution in [0, 0.1) is 0 Å². The van der Waals surface area contributed by atoms with E-state index in [0.29, 0.717) is 5.56 Å². The molecule has 1 unspecified atom stereocenters. The zero-order valence-electron chi connectivity index (χ0n) is 11.6. The minimum atomic E-state index is -1.24. The molecule has 1 aromatic carbocycles. The molecule has 2 rings (SSSR count). The number of aliphatic hydroxyl groups is 1. The molecule has 1 aliphatic rings. The number of hydrogen-bond acceptors (Lipinski definition) is 3. The van der Waals surface area contributed by atoms with Crippen LogP contribution in [0.25, 0.3) is 0 Å². The van der Waals surface area contributed by atoms with Gasteiger partial charge in [-0.05, 0) is 25.3 Å². The van der Waals surface area contributed by atoms with Gasteiger partial charge in [0.1, 0.15) is 0 Å². The van der Waals surface area contributed by atoms with Crippen molar-refractivity contribution in [3.05, 3.63) is 35.9 Å². The highest BCUT2D eigenvalue weighted by molar-refractivity contribution is 5.85. The zero-order valence-corrected chi connectivity index (χ0v) is 11.6. The predicted molar refractivity (Wildman–Crippen MR) is 74.8 cm³/mol. The second kappa shape index (κ2) is 6.05. The van der Waals surface area contributed by atoms with E-state index < -0.39 is 5.60 Å². The third-order valence-corrected chi connectivity index (χ3v) is 3.29. The maximum absolute atomic E-state index is 11.8. The van der Waals surface area contributed by atoms with Crippen LogP contribution in [0.15, 0.2) is 30.3 Å². The quantitative estimate of drug-likeness (QED) is 0.715. The number of benzene rings is 1. The van der Waals surface area contributed by atoms with Gasteiger partial charge in [-0.2, -0.15) is 0 Å². The van der Waals surface area contributed by atoms with Gasteiger partial charge >= 0.3 is 0 Å². The van der Waals surface area contributed by atoms with Crippen molar-refractivity contribution in [2.75, 3.05) is 6.54 Å². The van der Waals surface area contributed by atoms with Crippen molar-refractivity contribution >= 4 is 11.8 Å². The van der Waals surface area contributed by atoms with E-state index in [1.807, 2.05) is 18.2 Å². The van der Waals surface area contributed by atoms with Crippen LogP contribution in [-0.2, 0) is 15.2 Å². The summed E-state index contributed by atoms with van der Waals surface area (Å²) in [5.41, 5.74) is -0.559. The highest BCUT2D eigenvalue weighted by Gasteiger charge is 2.27. The number of carbonyl (C=O) groups excluding carboxylic acids is 2. The molecular formula is C15H20N2O3. The third-order valence-electron chi connectivity index (χ3n) is 3.29. The van der Waals surface area contributed by atoms with Crippen LogP contribution in [0.3, 0.4) is 0 Å². The fourth-order valence-electron chi connectivity index (χ4n) is 1.96. The summed E-state index contributed by atoms with van der Waals surface area (Å²) in [5.74, 6) is -0.523. The van der Waals surface area contributed by atoms with Gasteiger partial charge in [-0.15, -0.1) is 0 Å². The lowest BCUT2D eigenvalue weighted by atomic mass is 9.92. The summed E-state index contributed by atoms with van der Waals surface area (Å²) in [6.07, 6.45) is 1.96. The van der Waals surface area contributed by atoms with Gasteiger partial charge in [0.05, 0.1) is 18.6 Å². The molecule has 1 fully saturated rings. The number of nitrogens with one attached hydrogen (secondary N) is 2. The average molecular weight is 276 g/mol. The van der Waals surface area contributed by atoms with Crippen LogP contribution < -0.4 is 10.6 Å². The van der Waals surface area contributed by atoms with Crippen LogP contribution in [-0.4, -0.2) is 29.5 Å². The van der Waals surface area contributed by atoms with Crippen LogP contribution in [0.1, 0.15) is 31.7 Å². The van der Waals surface area contributed by atoms with Crippen molar-refractivity contribution in [3.8, 4) is 0 Å². The number of carbonyl (C=O) groups is 2. The molecule has 0 aliphatic heterocycles. The summed E-state index contributed by atoms with van der Waals surface area (Å²) in [4.78, 5) is 23.2. The summed E-state index contributed by atoms with van der Waals surface area (Å²) < 4.78 is 0. The first-order valence-electron chi connectivity index (χ1n) is 6.81. The molecule has 1 atom stereocenters. The Morgan fingerprint density at radius 3 is 2.50 bits per heavy atom. The van der Waals surface area contributed by atoms with Crippen molar-refractivity contribution in [2.24, 2.45) is 0 Å². The molecule has 5 nitrogen and oxygen atoms in total. The average Bonchev–Trinajstić information content (AvgIpc) is 3.21. The van der Waals surface area contributed by atoms with Gasteiger partial charge in [0, 0.05) is 6.04 Å². The number of amides is 2. The molecule has 5 heteroatoms. The van der Waals surface area contributed by atoms with E-state index in [-0.39, 0.29) is 30.8 Å². The van der Waals surface area contributed by atoms with Crippen molar-refractivity contribution in [1.82, 2.24) is 10.6 Å². The van der Waals surface area contributed by atoms with Gasteiger partial charge in [-0.1, -0.05) is 30.3 Å². The van der Waals surface area contributed by atoms with Crippen LogP contribution in [0.2, 0.25) is 0 Å². The lowest BCUT2D eigenvalue weighted by molar-refractivity contribution is -0.129. The lowest BCUT2D eigenvalue weighted by Crippen LogP contribution is -2.40. The second-order valence-electron chi connectivity index (χ2n) is 5.44. The second-order valence-corrected chi connectivity index (χ2v) is 5.44. The summed E-state index contributed by atoms with van der Waals surface area (Å²) in [6.45, 7) is 1.55. The maximum Gasteiger partial charge on any atom is 0.239 e. The Hall–Kier alpha value is -1.88. The highest BCUT2D eigenvalue weighted by Crippen LogP contribution is 2.23. The summed E-state index contributed by atoms with van der Waals surface area (Å²) >= 11 is 0. The molecule has 2 amide bonds. The summed E-state index contributed by atoms with van der Waals surface area (Å²) in [6, 6.07) is 9.30. The molecule has 0 aromatic heterocycles. The normalized spacial score (nSPS) is 17.1. The van der Waals surface area contributed by atoms with Gasteiger partial charge in [0.25, 0.3) is 0 Å². The van der Waals surface area contributed by atoms with Crippen LogP contribution >= 0.6 is 0 Å². The molecular weight excluding hydrogens is 256 g/mol. The fraction of sp³-hybridized carbons (Fsp3) is 0.467. The summed E-state index contributed by atoms with van der Waals surface area (Å²) in [5, 5.41) is 15.6. The molecule has 1 saturated carbocycles. The fourth-order valence-corrected chi connectivity index (χ4v) is 1.96. The van der Waals surface area contributed by atoms with E-state index in [0.717, 1.165) is 12.8 Å². The minimum Gasteiger partial charge on any atom is -0.385 e.